The molecule has 1 aliphatic heterocycles. The fraction of sp³-hybridized carbons (Fsp3) is 0.778. The van der Waals surface area contributed by atoms with Crippen LogP contribution in [0.3, 0.4) is 0 Å². The largest absolute Gasteiger partial charge is 0.365 e. The zero-order valence-corrected chi connectivity index (χ0v) is 14.2. The lowest BCUT2D eigenvalue weighted by molar-refractivity contribution is -0.138. The van der Waals surface area contributed by atoms with Crippen molar-refractivity contribution in [2.24, 2.45) is 18.9 Å². The van der Waals surface area contributed by atoms with Crippen molar-refractivity contribution in [3.8, 4) is 0 Å². The van der Waals surface area contributed by atoms with Gasteiger partial charge in [0.2, 0.25) is 5.91 Å². The lowest BCUT2D eigenvalue weighted by atomic mass is 9.76. The molecule has 0 unspecified atom stereocenters. The number of ether oxygens (including phenoxy) is 1. The monoisotopic (exact) mass is 319 g/mol. The average molecular weight is 319 g/mol. The second-order valence-electron chi connectivity index (χ2n) is 7.06. The van der Waals surface area contributed by atoms with Gasteiger partial charge in [-0.25, -0.2) is 0 Å². The van der Waals surface area contributed by atoms with E-state index in [2.05, 4.69) is 5.10 Å². The zero-order chi connectivity index (χ0) is 16.1. The molecule has 3 rings (SSSR count). The molecule has 128 valence electrons. The molecule has 0 atom stereocenters. The molecule has 0 aromatic carbocycles. The van der Waals surface area contributed by atoms with Crippen molar-refractivity contribution in [3.63, 3.8) is 0 Å². The van der Waals surface area contributed by atoms with E-state index in [-0.39, 0.29) is 12.5 Å². The normalized spacial score (nSPS) is 20.8. The molecule has 1 amide bonds. The van der Waals surface area contributed by atoms with Gasteiger partial charge in [-0.15, -0.1) is 0 Å². The fourth-order valence-corrected chi connectivity index (χ4v) is 4.10. The molecule has 5 heteroatoms. The van der Waals surface area contributed by atoms with Crippen LogP contribution < -0.4 is 0 Å². The molecule has 1 aromatic rings. The first kappa shape index (κ1) is 16.5. The van der Waals surface area contributed by atoms with Crippen molar-refractivity contribution >= 4 is 5.91 Å². The summed E-state index contributed by atoms with van der Waals surface area (Å²) in [6.07, 6.45) is 11.2. The molecule has 2 aliphatic rings. The predicted molar refractivity (Wildman–Crippen MR) is 88.7 cm³/mol. The van der Waals surface area contributed by atoms with E-state index in [4.69, 9.17) is 4.74 Å². The summed E-state index contributed by atoms with van der Waals surface area (Å²) in [5, 5.41) is 4.10. The van der Waals surface area contributed by atoms with Gasteiger partial charge in [-0.3, -0.25) is 9.48 Å². The molecule has 23 heavy (non-hydrogen) atoms. The minimum absolute atomic E-state index is 0.134. The van der Waals surface area contributed by atoms with E-state index in [0.717, 1.165) is 30.6 Å². The molecule has 2 fully saturated rings. The molecule has 0 bridgehead atoms. The number of aromatic nitrogens is 2. The summed E-state index contributed by atoms with van der Waals surface area (Å²) in [5.41, 5.74) is 0.994. The number of amides is 1. The van der Waals surface area contributed by atoms with Gasteiger partial charge in [0.1, 0.15) is 6.61 Å². The Morgan fingerprint density at radius 1 is 1.17 bits per heavy atom. The van der Waals surface area contributed by atoms with Crippen molar-refractivity contribution in [1.29, 1.82) is 0 Å². The summed E-state index contributed by atoms with van der Waals surface area (Å²) in [6.45, 7) is 2.45. The SMILES string of the molecule is Cn1nccc1COCC(=O)N1CCC(C2CCCCC2)CC1. The van der Waals surface area contributed by atoms with Crippen LogP contribution in [0.25, 0.3) is 0 Å². The lowest BCUT2D eigenvalue weighted by Gasteiger charge is -2.37. The zero-order valence-electron chi connectivity index (χ0n) is 14.2. The van der Waals surface area contributed by atoms with Crippen LogP contribution in [0.15, 0.2) is 12.3 Å². The number of rotatable bonds is 5. The number of aryl methyl sites for hydroxylation is 1. The van der Waals surface area contributed by atoms with E-state index in [9.17, 15) is 4.79 Å². The molecule has 1 aromatic heterocycles. The molecule has 1 saturated carbocycles. The van der Waals surface area contributed by atoms with Gasteiger partial charge in [0.05, 0.1) is 12.3 Å². The number of piperidine rings is 1. The third kappa shape index (κ3) is 4.34. The van der Waals surface area contributed by atoms with Crippen molar-refractivity contribution in [3.05, 3.63) is 18.0 Å². The summed E-state index contributed by atoms with van der Waals surface area (Å²) in [6, 6.07) is 1.92. The highest BCUT2D eigenvalue weighted by Gasteiger charge is 2.29. The molecule has 0 N–H and O–H groups in total. The van der Waals surface area contributed by atoms with Crippen LogP contribution in [-0.2, 0) is 23.2 Å². The number of hydrogen-bond acceptors (Lipinski definition) is 3. The highest BCUT2D eigenvalue weighted by molar-refractivity contribution is 5.77. The Bertz CT molecular complexity index is 500. The fourth-order valence-electron chi connectivity index (χ4n) is 4.10. The van der Waals surface area contributed by atoms with E-state index in [0.29, 0.717) is 6.61 Å². The Morgan fingerprint density at radius 2 is 1.87 bits per heavy atom. The third-order valence-electron chi connectivity index (χ3n) is 5.61. The molecule has 0 spiro atoms. The second-order valence-corrected chi connectivity index (χ2v) is 7.06. The highest BCUT2D eigenvalue weighted by atomic mass is 16.5. The maximum Gasteiger partial charge on any atom is 0.248 e. The predicted octanol–water partition coefficient (Wildman–Crippen LogP) is 2.76. The first-order valence-electron chi connectivity index (χ1n) is 9.06. The topological polar surface area (TPSA) is 47.4 Å². The van der Waals surface area contributed by atoms with E-state index in [1.54, 1.807) is 10.9 Å². The minimum atomic E-state index is 0.134. The number of hydrogen-bond donors (Lipinski definition) is 0. The van der Waals surface area contributed by atoms with Gasteiger partial charge in [-0.2, -0.15) is 5.10 Å². The second kappa shape index (κ2) is 7.95. The first-order chi connectivity index (χ1) is 11.2. The summed E-state index contributed by atoms with van der Waals surface area (Å²) < 4.78 is 7.34. The summed E-state index contributed by atoms with van der Waals surface area (Å²) in [5.74, 6) is 1.89. The van der Waals surface area contributed by atoms with Crippen molar-refractivity contribution < 1.29 is 9.53 Å². The van der Waals surface area contributed by atoms with Crippen molar-refractivity contribution in [2.75, 3.05) is 19.7 Å². The molecule has 1 aliphatic carbocycles. The van der Waals surface area contributed by atoms with Gasteiger partial charge in [-0.1, -0.05) is 32.1 Å². The third-order valence-corrected chi connectivity index (χ3v) is 5.61. The maximum absolute atomic E-state index is 12.3. The Balaban J connectivity index is 1.37. The van der Waals surface area contributed by atoms with E-state index in [1.165, 1.54) is 44.9 Å². The van der Waals surface area contributed by atoms with Gasteiger partial charge >= 0.3 is 0 Å². The van der Waals surface area contributed by atoms with Crippen LogP contribution >= 0.6 is 0 Å². The quantitative estimate of drug-likeness (QED) is 0.838. The first-order valence-corrected chi connectivity index (χ1v) is 9.06. The van der Waals surface area contributed by atoms with Crippen molar-refractivity contribution in [1.82, 2.24) is 14.7 Å². The smallest absolute Gasteiger partial charge is 0.248 e. The number of carbonyl (C=O) groups is 1. The van der Waals surface area contributed by atoms with Crippen LogP contribution in [0.4, 0.5) is 0 Å². The summed E-state index contributed by atoms with van der Waals surface area (Å²) >= 11 is 0. The number of nitrogens with zero attached hydrogens (tertiary/aromatic N) is 3. The Kier molecular flexibility index (Phi) is 5.70. The van der Waals surface area contributed by atoms with Crippen molar-refractivity contribution in [2.45, 2.75) is 51.6 Å². The van der Waals surface area contributed by atoms with Crippen LogP contribution in [0, 0.1) is 11.8 Å². The van der Waals surface area contributed by atoms with Gasteiger partial charge in [-0.05, 0) is 30.7 Å². The summed E-state index contributed by atoms with van der Waals surface area (Å²) in [7, 11) is 1.89. The average Bonchev–Trinajstić information content (AvgIpc) is 3.01. The van der Waals surface area contributed by atoms with Crippen LogP contribution in [0.5, 0.6) is 0 Å². The van der Waals surface area contributed by atoms with E-state index >= 15 is 0 Å². The van der Waals surface area contributed by atoms with Gasteiger partial charge in [0, 0.05) is 26.3 Å². The van der Waals surface area contributed by atoms with Crippen LogP contribution in [0.2, 0.25) is 0 Å². The lowest BCUT2D eigenvalue weighted by Crippen LogP contribution is -2.42. The molecular formula is C18H29N3O2. The van der Waals surface area contributed by atoms with Crippen LogP contribution in [-0.4, -0.2) is 40.3 Å². The maximum atomic E-state index is 12.3. The number of carbonyl (C=O) groups excluding carboxylic acids is 1. The molecule has 2 heterocycles. The van der Waals surface area contributed by atoms with Gasteiger partial charge in [0.15, 0.2) is 0 Å². The Morgan fingerprint density at radius 3 is 2.52 bits per heavy atom. The Labute approximate surface area is 139 Å². The molecule has 0 radical (unpaired) electrons. The molecule has 5 nitrogen and oxygen atoms in total. The van der Waals surface area contributed by atoms with Gasteiger partial charge in [0.25, 0.3) is 0 Å². The number of likely N-dealkylation sites (tertiary alicyclic amines) is 1. The van der Waals surface area contributed by atoms with Crippen LogP contribution in [0.1, 0.15) is 50.6 Å². The Hall–Kier alpha value is -1.36. The molecule has 1 saturated heterocycles. The minimum Gasteiger partial charge on any atom is -0.365 e. The molecular weight excluding hydrogens is 290 g/mol. The highest BCUT2D eigenvalue weighted by Crippen LogP contribution is 2.35. The van der Waals surface area contributed by atoms with E-state index in [1.807, 2.05) is 18.0 Å². The summed E-state index contributed by atoms with van der Waals surface area (Å²) in [4.78, 5) is 14.3. The van der Waals surface area contributed by atoms with Gasteiger partial charge < -0.3 is 9.64 Å². The van der Waals surface area contributed by atoms with E-state index < -0.39 is 0 Å². The standard InChI is InChI=1S/C18H29N3O2/c1-20-17(7-10-19-20)13-23-14-18(22)21-11-8-16(9-12-21)15-5-3-2-4-6-15/h7,10,15-16H,2-6,8-9,11-14H2,1H3.